The number of carbonyl (C=O) groups excluding carboxylic acids is 2. The molecule has 1 aliphatic heterocycles. The van der Waals surface area contributed by atoms with Crippen molar-refractivity contribution in [2.24, 2.45) is 0 Å². The lowest BCUT2D eigenvalue weighted by Gasteiger charge is -2.17. The average molecular weight is 319 g/mol. The molecule has 0 unspecified atom stereocenters. The summed E-state index contributed by atoms with van der Waals surface area (Å²) in [7, 11) is 0. The van der Waals surface area contributed by atoms with Crippen LogP contribution in [-0.4, -0.2) is 16.8 Å². The summed E-state index contributed by atoms with van der Waals surface area (Å²) in [4.78, 5) is 27.1. The molecule has 0 saturated heterocycles. The van der Waals surface area contributed by atoms with Crippen LogP contribution in [0.4, 0.5) is 11.4 Å². The summed E-state index contributed by atoms with van der Waals surface area (Å²) in [5.41, 5.74) is 5.32. The summed E-state index contributed by atoms with van der Waals surface area (Å²) < 4.78 is 0. The molecule has 5 nitrogen and oxygen atoms in total. The third kappa shape index (κ3) is 2.54. The number of amides is 2. The van der Waals surface area contributed by atoms with Crippen molar-refractivity contribution in [1.29, 1.82) is 0 Å². The summed E-state index contributed by atoms with van der Waals surface area (Å²) in [6, 6.07) is 11.5. The van der Waals surface area contributed by atoms with Gasteiger partial charge < -0.3 is 15.6 Å². The van der Waals surface area contributed by atoms with Crippen LogP contribution >= 0.6 is 0 Å². The second-order valence-corrected chi connectivity index (χ2v) is 6.13. The summed E-state index contributed by atoms with van der Waals surface area (Å²) in [5.74, 6) is -0.113. The smallest absolute Gasteiger partial charge is 0.257 e. The molecule has 2 aromatic carbocycles. The molecule has 0 fully saturated rings. The van der Waals surface area contributed by atoms with Gasteiger partial charge in [0.2, 0.25) is 5.91 Å². The van der Waals surface area contributed by atoms with Crippen molar-refractivity contribution < 1.29 is 9.59 Å². The minimum absolute atomic E-state index is 0.0355. The van der Waals surface area contributed by atoms with Crippen molar-refractivity contribution in [2.75, 3.05) is 10.6 Å². The second kappa shape index (κ2) is 5.53. The number of H-pyrrole nitrogens is 1. The Morgan fingerprint density at radius 2 is 2.00 bits per heavy atom. The predicted molar refractivity (Wildman–Crippen MR) is 94.4 cm³/mol. The molecule has 3 N–H and O–H groups in total. The van der Waals surface area contributed by atoms with E-state index in [0.29, 0.717) is 18.4 Å². The Labute approximate surface area is 139 Å². The highest BCUT2D eigenvalue weighted by molar-refractivity contribution is 6.13. The van der Waals surface area contributed by atoms with Gasteiger partial charge in [0.1, 0.15) is 0 Å². The number of aryl methyl sites for hydroxylation is 2. The molecule has 2 amide bonds. The van der Waals surface area contributed by atoms with Crippen LogP contribution in [-0.2, 0) is 11.2 Å². The number of carbonyl (C=O) groups is 2. The number of rotatable bonds is 2. The fourth-order valence-electron chi connectivity index (χ4n) is 3.09. The zero-order valence-electron chi connectivity index (χ0n) is 13.3. The van der Waals surface area contributed by atoms with Crippen LogP contribution in [0.3, 0.4) is 0 Å². The van der Waals surface area contributed by atoms with Crippen molar-refractivity contribution in [2.45, 2.75) is 19.8 Å². The van der Waals surface area contributed by atoms with E-state index in [1.165, 1.54) is 0 Å². The molecule has 24 heavy (non-hydrogen) atoms. The lowest BCUT2D eigenvalue weighted by atomic mass is 10.0. The van der Waals surface area contributed by atoms with Crippen LogP contribution in [0.15, 0.2) is 42.6 Å². The Morgan fingerprint density at radius 1 is 1.12 bits per heavy atom. The topological polar surface area (TPSA) is 74.0 Å². The SMILES string of the molecule is Cc1ccc2c(C(=O)Nc3ccc4c(c3)CCC(=O)N4)c[nH]c2c1. The van der Waals surface area contributed by atoms with E-state index in [1.807, 2.05) is 37.3 Å². The van der Waals surface area contributed by atoms with Gasteiger partial charge in [-0.05, 0) is 48.7 Å². The predicted octanol–water partition coefficient (Wildman–Crippen LogP) is 3.61. The maximum Gasteiger partial charge on any atom is 0.257 e. The highest BCUT2D eigenvalue weighted by atomic mass is 16.2. The van der Waals surface area contributed by atoms with Gasteiger partial charge in [0, 0.05) is 34.9 Å². The number of fused-ring (bicyclic) bond motifs is 2. The maximum absolute atomic E-state index is 12.6. The molecule has 1 aromatic heterocycles. The van der Waals surface area contributed by atoms with Crippen molar-refractivity contribution in [3.63, 3.8) is 0 Å². The van der Waals surface area contributed by atoms with E-state index in [0.717, 1.165) is 33.4 Å². The Hall–Kier alpha value is -3.08. The summed E-state index contributed by atoms with van der Waals surface area (Å²) >= 11 is 0. The van der Waals surface area contributed by atoms with Gasteiger partial charge in [0.25, 0.3) is 5.91 Å². The van der Waals surface area contributed by atoms with Gasteiger partial charge in [-0.25, -0.2) is 0 Å². The molecule has 0 atom stereocenters. The van der Waals surface area contributed by atoms with E-state index in [9.17, 15) is 9.59 Å². The van der Waals surface area contributed by atoms with Crippen molar-refractivity contribution >= 4 is 34.1 Å². The molecule has 0 bridgehead atoms. The Kier molecular flexibility index (Phi) is 3.34. The second-order valence-electron chi connectivity index (χ2n) is 6.13. The van der Waals surface area contributed by atoms with Crippen LogP contribution in [0.1, 0.15) is 27.9 Å². The van der Waals surface area contributed by atoms with Crippen molar-refractivity contribution in [3.05, 3.63) is 59.3 Å². The Balaban J connectivity index is 1.60. The molecule has 0 aliphatic carbocycles. The monoisotopic (exact) mass is 319 g/mol. The number of nitrogens with one attached hydrogen (secondary N) is 3. The fourth-order valence-corrected chi connectivity index (χ4v) is 3.09. The molecule has 2 heterocycles. The van der Waals surface area contributed by atoms with Gasteiger partial charge in [-0.2, -0.15) is 0 Å². The van der Waals surface area contributed by atoms with Crippen molar-refractivity contribution in [1.82, 2.24) is 4.98 Å². The number of aromatic amines is 1. The van der Waals surface area contributed by atoms with E-state index >= 15 is 0 Å². The summed E-state index contributed by atoms with van der Waals surface area (Å²) in [5, 5.41) is 6.69. The molecule has 1 aliphatic rings. The number of hydrogen-bond donors (Lipinski definition) is 3. The normalized spacial score (nSPS) is 13.5. The van der Waals surface area contributed by atoms with Crippen molar-refractivity contribution in [3.8, 4) is 0 Å². The standard InChI is InChI=1S/C19H17N3O2/c1-11-2-5-14-15(10-20-17(14)8-11)19(24)21-13-4-6-16-12(9-13)3-7-18(23)22-16/h2,4-6,8-10,20H,3,7H2,1H3,(H,21,24)(H,22,23). The summed E-state index contributed by atoms with van der Waals surface area (Å²) in [6.45, 7) is 2.02. The lowest BCUT2D eigenvalue weighted by Crippen LogP contribution is -2.19. The van der Waals surface area contributed by atoms with E-state index < -0.39 is 0 Å². The van der Waals surface area contributed by atoms with Crippen LogP contribution in [0.25, 0.3) is 10.9 Å². The fraction of sp³-hybridized carbons (Fsp3) is 0.158. The van der Waals surface area contributed by atoms with Gasteiger partial charge in [0.15, 0.2) is 0 Å². The highest BCUT2D eigenvalue weighted by Crippen LogP contribution is 2.26. The molecule has 0 spiro atoms. The van der Waals surface area contributed by atoms with Gasteiger partial charge in [-0.3, -0.25) is 9.59 Å². The van der Waals surface area contributed by atoms with E-state index in [2.05, 4.69) is 15.6 Å². The minimum Gasteiger partial charge on any atom is -0.360 e. The number of aromatic nitrogens is 1. The van der Waals surface area contributed by atoms with Crippen LogP contribution in [0.5, 0.6) is 0 Å². The first-order chi connectivity index (χ1) is 11.6. The lowest BCUT2D eigenvalue weighted by molar-refractivity contribution is -0.116. The van der Waals surface area contributed by atoms with E-state index in [-0.39, 0.29) is 11.8 Å². The first-order valence-electron chi connectivity index (χ1n) is 7.92. The third-order valence-corrected chi connectivity index (χ3v) is 4.34. The third-order valence-electron chi connectivity index (χ3n) is 4.34. The number of anilines is 2. The molecule has 3 aromatic rings. The van der Waals surface area contributed by atoms with Crippen LogP contribution in [0.2, 0.25) is 0 Å². The first kappa shape index (κ1) is 14.5. The van der Waals surface area contributed by atoms with E-state index in [4.69, 9.17) is 0 Å². The first-order valence-corrected chi connectivity index (χ1v) is 7.92. The van der Waals surface area contributed by atoms with Crippen LogP contribution in [0, 0.1) is 6.92 Å². The maximum atomic E-state index is 12.6. The Morgan fingerprint density at radius 3 is 2.88 bits per heavy atom. The zero-order chi connectivity index (χ0) is 16.7. The number of benzene rings is 2. The summed E-state index contributed by atoms with van der Waals surface area (Å²) in [6.07, 6.45) is 2.90. The van der Waals surface area contributed by atoms with Gasteiger partial charge in [0.05, 0.1) is 5.56 Å². The van der Waals surface area contributed by atoms with Gasteiger partial charge in [-0.1, -0.05) is 12.1 Å². The molecular weight excluding hydrogens is 302 g/mol. The quantitative estimate of drug-likeness (QED) is 0.675. The molecule has 0 saturated carbocycles. The average Bonchev–Trinajstić information content (AvgIpc) is 2.98. The largest absolute Gasteiger partial charge is 0.360 e. The van der Waals surface area contributed by atoms with Gasteiger partial charge in [-0.15, -0.1) is 0 Å². The van der Waals surface area contributed by atoms with E-state index in [1.54, 1.807) is 12.3 Å². The van der Waals surface area contributed by atoms with Crippen LogP contribution < -0.4 is 10.6 Å². The Bertz CT molecular complexity index is 972. The zero-order valence-corrected chi connectivity index (χ0v) is 13.3. The molecule has 0 radical (unpaired) electrons. The minimum atomic E-state index is -0.148. The molecular formula is C19H17N3O2. The molecule has 120 valence electrons. The van der Waals surface area contributed by atoms with Gasteiger partial charge >= 0.3 is 0 Å². The number of hydrogen-bond acceptors (Lipinski definition) is 2. The molecule has 4 rings (SSSR count). The molecule has 5 heteroatoms. The highest BCUT2D eigenvalue weighted by Gasteiger charge is 2.16.